The number of nitrogens with two attached hydrogens (primary N) is 1. The second-order valence-corrected chi connectivity index (χ2v) is 6.43. The second-order valence-electron chi connectivity index (χ2n) is 6.43. The van der Waals surface area contributed by atoms with E-state index in [1.165, 1.54) is 0 Å². The number of esters is 1. The average Bonchev–Trinajstić information content (AvgIpc) is 2.92. The first-order valence-corrected chi connectivity index (χ1v) is 7.41. The number of ether oxygens (including phenoxy) is 1. The number of hydrogen-bond acceptors (Lipinski definition) is 6. The zero-order valence-electron chi connectivity index (χ0n) is 13.1. The minimum absolute atomic E-state index is 0.00153. The molecule has 1 atom stereocenters. The van der Waals surface area contributed by atoms with Crippen molar-refractivity contribution in [2.24, 2.45) is 5.73 Å². The molecule has 4 rings (SSSR count). The van der Waals surface area contributed by atoms with E-state index in [0.29, 0.717) is 16.9 Å². The number of nitrogens with zero attached hydrogens (tertiary/aromatic N) is 1. The third-order valence-electron chi connectivity index (χ3n) is 4.71. The van der Waals surface area contributed by atoms with E-state index >= 15 is 0 Å². The lowest BCUT2D eigenvalue weighted by Gasteiger charge is -2.34. The van der Waals surface area contributed by atoms with Crippen LogP contribution in [0.3, 0.4) is 0 Å². The van der Waals surface area contributed by atoms with Crippen molar-refractivity contribution in [3.63, 3.8) is 0 Å². The molecule has 1 aromatic carbocycles. The Morgan fingerprint density at radius 2 is 1.92 bits per heavy atom. The quantitative estimate of drug-likeness (QED) is 0.607. The van der Waals surface area contributed by atoms with E-state index in [4.69, 9.17) is 10.5 Å². The summed E-state index contributed by atoms with van der Waals surface area (Å²) in [7, 11) is 0. The van der Waals surface area contributed by atoms with Crippen molar-refractivity contribution in [1.29, 1.82) is 5.26 Å². The molecule has 3 heterocycles. The zero-order chi connectivity index (χ0) is 17.3. The molecule has 0 fully saturated rings. The molecule has 24 heavy (non-hydrogen) atoms. The fourth-order valence-corrected chi connectivity index (χ4v) is 3.71. The molecule has 1 spiro atoms. The summed E-state index contributed by atoms with van der Waals surface area (Å²) in [6.07, 6.45) is 0. The van der Waals surface area contributed by atoms with Crippen molar-refractivity contribution in [3.05, 3.63) is 52.5 Å². The Morgan fingerprint density at radius 1 is 1.21 bits per heavy atom. The smallest absolute Gasteiger partial charge is 0.338 e. The maximum atomic E-state index is 13.0. The van der Waals surface area contributed by atoms with Gasteiger partial charge < -0.3 is 21.1 Å². The third-order valence-corrected chi connectivity index (χ3v) is 4.71. The van der Waals surface area contributed by atoms with Crippen molar-refractivity contribution in [2.75, 3.05) is 5.32 Å². The van der Waals surface area contributed by atoms with Crippen LogP contribution in [0.25, 0.3) is 0 Å². The van der Waals surface area contributed by atoms with E-state index in [0.717, 1.165) is 0 Å². The number of carbonyl (C=O) groups is 2. The first-order chi connectivity index (χ1) is 11.3. The summed E-state index contributed by atoms with van der Waals surface area (Å²) in [5, 5.41) is 15.3. The van der Waals surface area contributed by atoms with E-state index < -0.39 is 22.9 Å². The van der Waals surface area contributed by atoms with Gasteiger partial charge in [0.1, 0.15) is 22.9 Å². The van der Waals surface area contributed by atoms with Crippen molar-refractivity contribution >= 4 is 17.6 Å². The molecule has 1 amide bonds. The lowest BCUT2D eigenvalue weighted by Crippen LogP contribution is -2.48. The fraction of sp³-hybridized carbons (Fsp3) is 0.235. The lowest BCUT2D eigenvalue weighted by molar-refractivity contribution is -0.145. The van der Waals surface area contributed by atoms with Crippen LogP contribution < -0.4 is 16.4 Å². The van der Waals surface area contributed by atoms with Crippen LogP contribution in [0.2, 0.25) is 0 Å². The molecule has 7 heteroatoms. The molecule has 0 aliphatic carbocycles. The molecule has 1 aromatic rings. The van der Waals surface area contributed by atoms with Crippen molar-refractivity contribution in [3.8, 4) is 6.07 Å². The highest BCUT2D eigenvalue weighted by Crippen LogP contribution is 2.54. The molecule has 120 valence electrons. The molecule has 3 aliphatic heterocycles. The first kappa shape index (κ1) is 14.3. The SMILES string of the molecule is CC1(C)OC(=O)C2=C1NC(N)=C(C#N)[C@@]21C(=O)Nc2ccccc21. The Bertz CT molecular complexity index is 935. The van der Waals surface area contributed by atoms with E-state index in [9.17, 15) is 14.9 Å². The minimum Gasteiger partial charge on any atom is -0.450 e. The van der Waals surface area contributed by atoms with Gasteiger partial charge in [-0.2, -0.15) is 5.26 Å². The van der Waals surface area contributed by atoms with Crippen LogP contribution >= 0.6 is 0 Å². The summed E-state index contributed by atoms with van der Waals surface area (Å²) in [5.74, 6) is -1.06. The Morgan fingerprint density at radius 3 is 2.62 bits per heavy atom. The van der Waals surface area contributed by atoms with Crippen molar-refractivity contribution < 1.29 is 14.3 Å². The molecule has 0 bridgehead atoms. The highest BCUT2D eigenvalue weighted by Gasteiger charge is 2.63. The number of anilines is 1. The Hall–Kier alpha value is -3.27. The normalized spacial score (nSPS) is 26.5. The number of carbonyl (C=O) groups excluding carboxylic acids is 2. The number of benzene rings is 1. The van der Waals surface area contributed by atoms with Crippen LogP contribution in [0.5, 0.6) is 0 Å². The summed E-state index contributed by atoms with van der Waals surface area (Å²) in [6, 6.07) is 8.96. The van der Waals surface area contributed by atoms with Crippen LogP contribution in [-0.4, -0.2) is 17.5 Å². The van der Waals surface area contributed by atoms with Gasteiger partial charge in [-0.25, -0.2) is 4.79 Å². The first-order valence-electron chi connectivity index (χ1n) is 7.41. The number of nitriles is 1. The molecule has 0 saturated carbocycles. The number of nitrogens with one attached hydrogen (secondary N) is 2. The molecule has 0 saturated heterocycles. The lowest BCUT2D eigenvalue weighted by atomic mass is 9.67. The molecule has 7 nitrogen and oxygen atoms in total. The standard InChI is InChI=1S/C17H14N4O3/c1-16(2)12-11(14(22)24-16)17(9(7-18)13(19)21-12)8-5-3-4-6-10(8)20-15(17)23/h3-6,21H,19H2,1-2H3,(H,20,23)/t17-/m1/s1. The summed E-state index contributed by atoms with van der Waals surface area (Å²) in [5.41, 5.74) is 5.11. The number of para-hydroxylation sites is 1. The van der Waals surface area contributed by atoms with E-state index in [1.54, 1.807) is 38.1 Å². The Kier molecular flexibility index (Phi) is 2.49. The van der Waals surface area contributed by atoms with Gasteiger partial charge in [0.25, 0.3) is 0 Å². The van der Waals surface area contributed by atoms with Gasteiger partial charge in [0.05, 0.1) is 16.8 Å². The largest absolute Gasteiger partial charge is 0.450 e. The fourth-order valence-electron chi connectivity index (χ4n) is 3.71. The van der Waals surface area contributed by atoms with Gasteiger partial charge in [-0.1, -0.05) is 18.2 Å². The van der Waals surface area contributed by atoms with E-state index in [1.807, 2.05) is 6.07 Å². The predicted molar refractivity (Wildman–Crippen MR) is 83.9 cm³/mol. The second kappa shape index (κ2) is 4.17. The molecular weight excluding hydrogens is 308 g/mol. The average molecular weight is 322 g/mol. The predicted octanol–water partition coefficient (Wildman–Crippen LogP) is 0.763. The van der Waals surface area contributed by atoms with Gasteiger partial charge in [-0.05, 0) is 19.9 Å². The minimum atomic E-state index is -1.58. The van der Waals surface area contributed by atoms with Crippen LogP contribution in [0.4, 0.5) is 5.69 Å². The molecule has 0 aromatic heterocycles. The van der Waals surface area contributed by atoms with Gasteiger partial charge in [0.2, 0.25) is 5.91 Å². The van der Waals surface area contributed by atoms with Gasteiger partial charge in [0.15, 0.2) is 0 Å². The topological polar surface area (TPSA) is 117 Å². The van der Waals surface area contributed by atoms with Crippen LogP contribution in [0, 0.1) is 11.3 Å². The van der Waals surface area contributed by atoms with E-state index in [2.05, 4.69) is 10.6 Å². The van der Waals surface area contributed by atoms with Crippen LogP contribution in [0.1, 0.15) is 19.4 Å². The number of cyclic esters (lactones) is 1. The highest BCUT2D eigenvalue weighted by atomic mass is 16.6. The zero-order valence-corrected chi connectivity index (χ0v) is 13.1. The number of rotatable bonds is 0. The maximum absolute atomic E-state index is 13.0. The summed E-state index contributed by atoms with van der Waals surface area (Å²) >= 11 is 0. The van der Waals surface area contributed by atoms with Crippen molar-refractivity contribution in [2.45, 2.75) is 24.9 Å². The van der Waals surface area contributed by atoms with Crippen LogP contribution in [0.15, 0.2) is 46.9 Å². The van der Waals surface area contributed by atoms with Gasteiger partial charge in [-0.15, -0.1) is 0 Å². The van der Waals surface area contributed by atoms with Crippen LogP contribution in [-0.2, 0) is 19.7 Å². The van der Waals surface area contributed by atoms with Gasteiger partial charge in [-0.3, -0.25) is 4.79 Å². The molecular formula is C17H14N4O3. The highest BCUT2D eigenvalue weighted by molar-refractivity contribution is 6.18. The third kappa shape index (κ3) is 1.41. The Balaban J connectivity index is 2.15. The number of dihydropyridines is 1. The molecule has 0 radical (unpaired) electrons. The number of amides is 1. The Labute approximate surface area is 137 Å². The monoisotopic (exact) mass is 322 g/mol. The maximum Gasteiger partial charge on any atom is 0.338 e. The van der Waals surface area contributed by atoms with Crippen molar-refractivity contribution in [1.82, 2.24) is 5.32 Å². The van der Waals surface area contributed by atoms with Gasteiger partial charge in [0, 0.05) is 11.3 Å². The number of fused-ring (bicyclic) bond motifs is 3. The summed E-state index contributed by atoms with van der Waals surface area (Å²) in [6.45, 7) is 3.41. The summed E-state index contributed by atoms with van der Waals surface area (Å²) in [4.78, 5) is 25.6. The summed E-state index contributed by atoms with van der Waals surface area (Å²) < 4.78 is 5.44. The number of hydrogen-bond donors (Lipinski definition) is 3. The van der Waals surface area contributed by atoms with Gasteiger partial charge >= 0.3 is 5.97 Å². The molecule has 3 aliphatic rings. The molecule has 4 N–H and O–H groups in total. The molecule has 0 unspecified atom stereocenters. The van der Waals surface area contributed by atoms with E-state index in [-0.39, 0.29) is 17.0 Å².